The minimum Gasteiger partial charge on any atom is -0.342 e. The lowest BCUT2D eigenvalue weighted by Gasteiger charge is -2.20. The lowest BCUT2D eigenvalue weighted by molar-refractivity contribution is 0.619. The zero-order chi connectivity index (χ0) is 14.4. The number of hydrogen-bond donors (Lipinski definition) is 1. The van der Waals surface area contributed by atoms with E-state index in [4.69, 9.17) is 0 Å². The molecule has 3 heteroatoms. The van der Waals surface area contributed by atoms with Crippen LogP contribution >= 0.6 is 0 Å². The lowest BCUT2D eigenvalue weighted by atomic mass is 10.1. The predicted octanol–water partition coefficient (Wildman–Crippen LogP) is 4.09. The van der Waals surface area contributed by atoms with Crippen LogP contribution in [0.25, 0.3) is 0 Å². The molecule has 0 aliphatic carbocycles. The van der Waals surface area contributed by atoms with Crippen LogP contribution in [0.2, 0.25) is 0 Å². The molecule has 20 heavy (non-hydrogen) atoms. The molecule has 0 aliphatic rings. The normalized spacial score (nSPS) is 10.6. The van der Waals surface area contributed by atoms with Crippen LogP contribution in [0, 0.1) is 5.82 Å². The highest BCUT2D eigenvalue weighted by Gasteiger charge is 2.09. The first-order valence-electron chi connectivity index (χ1n) is 7.00. The van der Waals surface area contributed by atoms with E-state index in [1.165, 1.54) is 0 Å². The van der Waals surface area contributed by atoms with E-state index >= 15 is 0 Å². The van der Waals surface area contributed by atoms with Gasteiger partial charge in [0, 0.05) is 19.3 Å². The molecule has 2 aromatic rings. The van der Waals surface area contributed by atoms with Crippen LogP contribution in [-0.4, -0.2) is 13.6 Å². The molecule has 0 saturated heterocycles. The van der Waals surface area contributed by atoms with E-state index in [1.54, 1.807) is 6.07 Å². The molecule has 0 atom stereocenters. The molecule has 2 rings (SSSR count). The van der Waals surface area contributed by atoms with Crippen molar-refractivity contribution in [3.05, 3.63) is 59.9 Å². The molecule has 0 aliphatic heterocycles. The van der Waals surface area contributed by atoms with Gasteiger partial charge >= 0.3 is 0 Å². The summed E-state index contributed by atoms with van der Waals surface area (Å²) in [5.74, 6) is -0.188. The van der Waals surface area contributed by atoms with E-state index in [0.29, 0.717) is 12.2 Å². The topological polar surface area (TPSA) is 15.3 Å². The van der Waals surface area contributed by atoms with Gasteiger partial charge in [-0.05, 0) is 42.8 Å². The Balaban J connectivity index is 2.13. The molecule has 0 heterocycles. The van der Waals surface area contributed by atoms with Crippen LogP contribution in [0.3, 0.4) is 0 Å². The van der Waals surface area contributed by atoms with E-state index in [0.717, 1.165) is 24.2 Å². The SMILES string of the molecule is CCCNCc1ccc(N(C)c2ccccc2)c(F)c1. The molecule has 0 aromatic heterocycles. The van der Waals surface area contributed by atoms with Gasteiger partial charge in [-0.15, -0.1) is 0 Å². The van der Waals surface area contributed by atoms with Crippen LogP contribution in [0.4, 0.5) is 15.8 Å². The maximum atomic E-state index is 14.2. The predicted molar refractivity (Wildman–Crippen MR) is 82.9 cm³/mol. The summed E-state index contributed by atoms with van der Waals surface area (Å²) in [6, 6.07) is 15.2. The molecule has 2 nitrogen and oxygen atoms in total. The molecule has 0 bridgehead atoms. The monoisotopic (exact) mass is 272 g/mol. The molecule has 0 radical (unpaired) electrons. The van der Waals surface area contributed by atoms with Crippen LogP contribution in [0.15, 0.2) is 48.5 Å². The zero-order valence-electron chi connectivity index (χ0n) is 12.1. The fourth-order valence-corrected chi connectivity index (χ4v) is 2.13. The molecule has 106 valence electrons. The summed E-state index contributed by atoms with van der Waals surface area (Å²) in [5.41, 5.74) is 2.54. The van der Waals surface area contributed by atoms with Gasteiger partial charge in [-0.25, -0.2) is 4.39 Å². The van der Waals surface area contributed by atoms with Crippen LogP contribution in [0.5, 0.6) is 0 Å². The van der Waals surface area contributed by atoms with Crippen molar-refractivity contribution >= 4 is 11.4 Å². The summed E-state index contributed by atoms with van der Waals surface area (Å²) in [6.45, 7) is 3.78. The number of halogens is 1. The second-order valence-corrected chi connectivity index (χ2v) is 4.86. The first-order valence-corrected chi connectivity index (χ1v) is 7.00. The fourth-order valence-electron chi connectivity index (χ4n) is 2.13. The maximum Gasteiger partial charge on any atom is 0.147 e. The van der Waals surface area contributed by atoms with E-state index in [2.05, 4.69) is 12.2 Å². The van der Waals surface area contributed by atoms with Crippen molar-refractivity contribution in [1.29, 1.82) is 0 Å². The second-order valence-electron chi connectivity index (χ2n) is 4.86. The average molecular weight is 272 g/mol. The van der Waals surface area contributed by atoms with Gasteiger partial charge in [0.15, 0.2) is 0 Å². The Bertz CT molecular complexity index is 540. The molecule has 0 spiro atoms. The molecule has 0 fully saturated rings. The van der Waals surface area contributed by atoms with Gasteiger partial charge in [0.2, 0.25) is 0 Å². The number of para-hydroxylation sites is 1. The minimum absolute atomic E-state index is 0.188. The average Bonchev–Trinajstić information content (AvgIpc) is 2.48. The van der Waals surface area contributed by atoms with Gasteiger partial charge in [-0.1, -0.05) is 31.2 Å². The van der Waals surface area contributed by atoms with E-state index in [1.807, 2.05) is 54.4 Å². The zero-order valence-corrected chi connectivity index (χ0v) is 12.1. The molecule has 0 unspecified atom stereocenters. The van der Waals surface area contributed by atoms with Crippen LogP contribution in [-0.2, 0) is 6.54 Å². The van der Waals surface area contributed by atoms with Gasteiger partial charge < -0.3 is 10.2 Å². The van der Waals surface area contributed by atoms with Gasteiger partial charge in [0.1, 0.15) is 5.82 Å². The van der Waals surface area contributed by atoms with E-state index < -0.39 is 0 Å². The Labute approximate surface area is 120 Å². The van der Waals surface area contributed by atoms with E-state index in [9.17, 15) is 4.39 Å². The third-order valence-corrected chi connectivity index (χ3v) is 3.27. The summed E-state index contributed by atoms with van der Waals surface area (Å²) >= 11 is 0. The van der Waals surface area contributed by atoms with Crippen molar-refractivity contribution in [3.63, 3.8) is 0 Å². The maximum absolute atomic E-state index is 14.2. The van der Waals surface area contributed by atoms with Crippen molar-refractivity contribution in [2.75, 3.05) is 18.5 Å². The number of rotatable bonds is 6. The molecular formula is C17H21FN2. The molecule has 1 N–H and O–H groups in total. The Morgan fingerprint density at radius 2 is 1.85 bits per heavy atom. The number of nitrogens with zero attached hydrogens (tertiary/aromatic N) is 1. The van der Waals surface area contributed by atoms with Gasteiger partial charge in [-0.2, -0.15) is 0 Å². The van der Waals surface area contributed by atoms with Gasteiger partial charge in [0.05, 0.1) is 5.69 Å². The van der Waals surface area contributed by atoms with Crippen LogP contribution in [0.1, 0.15) is 18.9 Å². The molecule has 0 saturated carbocycles. The Morgan fingerprint density at radius 1 is 1.10 bits per heavy atom. The standard InChI is InChI=1S/C17H21FN2/c1-3-11-19-13-14-9-10-17(16(18)12-14)20(2)15-7-5-4-6-8-15/h4-10,12,19H,3,11,13H2,1-2H3. The first kappa shape index (κ1) is 14.5. The molecule has 0 amide bonds. The summed E-state index contributed by atoms with van der Waals surface area (Å²) in [4.78, 5) is 1.86. The fraction of sp³-hybridized carbons (Fsp3) is 0.294. The van der Waals surface area contributed by atoms with Crippen LogP contribution < -0.4 is 10.2 Å². The summed E-state index contributed by atoms with van der Waals surface area (Å²) < 4.78 is 14.2. The van der Waals surface area contributed by atoms with Crippen molar-refractivity contribution < 1.29 is 4.39 Å². The first-order chi connectivity index (χ1) is 9.72. The van der Waals surface area contributed by atoms with Crippen molar-refractivity contribution in [1.82, 2.24) is 5.32 Å². The Hall–Kier alpha value is -1.87. The summed E-state index contributed by atoms with van der Waals surface area (Å²) in [7, 11) is 1.88. The minimum atomic E-state index is -0.188. The number of hydrogen-bond acceptors (Lipinski definition) is 2. The smallest absolute Gasteiger partial charge is 0.147 e. The van der Waals surface area contributed by atoms with Gasteiger partial charge in [-0.3, -0.25) is 0 Å². The van der Waals surface area contributed by atoms with Crippen molar-refractivity contribution in [2.24, 2.45) is 0 Å². The van der Waals surface area contributed by atoms with Crippen molar-refractivity contribution in [2.45, 2.75) is 19.9 Å². The Morgan fingerprint density at radius 3 is 2.50 bits per heavy atom. The third-order valence-electron chi connectivity index (χ3n) is 3.27. The highest BCUT2D eigenvalue weighted by atomic mass is 19.1. The molecular weight excluding hydrogens is 251 g/mol. The van der Waals surface area contributed by atoms with E-state index in [-0.39, 0.29) is 5.82 Å². The largest absolute Gasteiger partial charge is 0.342 e. The second kappa shape index (κ2) is 7.06. The highest BCUT2D eigenvalue weighted by Crippen LogP contribution is 2.26. The number of nitrogens with one attached hydrogen (secondary N) is 1. The summed E-state index contributed by atoms with van der Waals surface area (Å²) in [5, 5.41) is 3.28. The van der Waals surface area contributed by atoms with Crippen molar-refractivity contribution in [3.8, 4) is 0 Å². The number of anilines is 2. The number of benzene rings is 2. The van der Waals surface area contributed by atoms with Gasteiger partial charge in [0.25, 0.3) is 0 Å². The third kappa shape index (κ3) is 3.58. The highest BCUT2D eigenvalue weighted by molar-refractivity contribution is 5.63. The summed E-state index contributed by atoms with van der Waals surface area (Å²) in [6.07, 6.45) is 1.08. The Kier molecular flexibility index (Phi) is 5.13. The molecule has 2 aromatic carbocycles. The lowest BCUT2D eigenvalue weighted by Crippen LogP contribution is -2.15. The quantitative estimate of drug-likeness (QED) is 0.797.